The molecule has 0 atom stereocenters. The highest BCUT2D eigenvalue weighted by Gasteiger charge is 2.27. The molecule has 2 heterocycles. The predicted molar refractivity (Wildman–Crippen MR) is 62.2 cm³/mol. The van der Waals surface area contributed by atoms with E-state index in [2.05, 4.69) is 15.2 Å². The second-order valence-corrected chi connectivity index (χ2v) is 4.26. The minimum Gasteiger partial charge on any atom is -0.383 e. The van der Waals surface area contributed by atoms with Crippen LogP contribution in [0.1, 0.15) is 12.1 Å². The van der Waals surface area contributed by atoms with Crippen LogP contribution in [0.3, 0.4) is 0 Å². The number of nitrogens with one attached hydrogen (secondary N) is 1. The first-order valence-corrected chi connectivity index (χ1v) is 5.95. The Hall–Kier alpha value is -1.57. The van der Waals surface area contributed by atoms with E-state index in [-0.39, 0.29) is 18.7 Å². The smallest absolute Gasteiger partial charge is 0.383 e. The Morgan fingerprint density at radius 2 is 2.26 bits per heavy atom. The van der Waals surface area contributed by atoms with Crippen LogP contribution in [0.2, 0.25) is 0 Å². The summed E-state index contributed by atoms with van der Waals surface area (Å²) in [6.07, 6.45) is -2.67. The van der Waals surface area contributed by atoms with E-state index >= 15 is 0 Å². The molecule has 0 amide bonds. The molecule has 0 bridgehead atoms. The van der Waals surface area contributed by atoms with Crippen molar-refractivity contribution in [3.05, 3.63) is 22.1 Å². The quantitative estimate of drug-likeness (QED) is 0.840. The molecule has 0 saturated carbocycles. The van der Waals surface area contributed by atoms with E-state index in [1.807, 2.05) is 0 Å². The fourth-order valence-electron chi connectivity index (χ4n) is 1.85. The first-order valence-electron chi connectivity index (χ1n) is 5.95. The van der Waals surface area contributed by atoms with Crippen LogP contribution in [0.4, 0.5) is 18.9 Å². The van der Waals surface area contributed by atoms with Gasteiger partial charge in [0.2, 0.25) is 0 Å². The summed E-state index contributed by atoms with van der Waals surface area (Å²) in [5.41, 5.74) is 1.13. The van der Waals surface area contributed by atoms with Gasteiger partial charge in [-0.15, -0.1) is 0 Å². The SMILES string of the molecule is O=c1cc2c(nn1CCOCC(F)(F)F)CCCN2. The van der Waals surface area contributed by atoms with Crippen molar-refractivity contribution in [2.24, 2.45) is 0 Å². The molecule has 1 aliphatic rings. The average molecular weight is 277 g/mol. The third-order valence-electron chi connectivity index (χ3n) is 2.69. The van der Waals surface area contributed by atoms with Crippen LogP contribution >= 0.6 is 0 Å². The first kappa shape index (κ1) is 13.9. The lowest BCUT2D eigenvalue weighted by Gasteiger charge is -2.17. The van der Waals surface area contributed by atoms with E-state index in [0.717, 1.165) is 29.8 Å². The fraction of sp³-hybridized carbons (Fsp3) is 0.636. The Labute approximate surface area is 107 Å². The molecule has 0 spiro atoms. The van der Waals surface area contributed by atoms with Gasteiger partial charge < -0.3 is 10.1 Å². The summed E-state index contributed by atoms with van der Waals surface area (Å²) in [7, 11) is 0. The van der Waals surface area contributed by atoms with Gasteiger partial charge in [-0.3, -0.25) is 4.79 Å². The Bertz CT molecular complexity index is 499. The number of rotatable bonds is 4. The van der Waals surface area contributed by atoms with Gasteiger partial charge >= 0.3 is 6.18 Å². The monoisotopic (exact) mass is 277 g/mol. The molecule has 8 heteroatoms. The fourth-order valence-corrected chi connectivity index (χ4v) is 1.85. The number of nitrogens with zero attached hydrogens (tertiary/aromatic N) is 2. The molecule has 1 aromatic heterocycles. The van der Waals surface area contributed by atoms with Crippen molar-refractivity contribution in [3.63, 3.8) is 0 Å². The highest BCUT2D eigenvalue weighted by atomic mass is 19.4. The van der Waals surface area contributed by atoms with Crippen molar-refractivity contribution in [2.45, 2.75) is 25.6 Å². The number of hydrogen-bond donors (Lipinski definition) is 1. The zero-order chi connectivity index (χ0) is 13.9. The number of hydrogen-bond acceptors (Lipinski definition) is 4. The Kier molecular flexibility index (Phi) is 4.08. The minimum atomic E-state index is -4.35. The van der Waals surface area contributed by atoms with Crippen molar-refractivity contribution in [1.82, 2.24) is 9.78 Å². The van der Waals surface area contributed by atoms with Gasteiger partial charge in [-0.05, 0) is 12.8 Å². The lowest BCUT2D eigenvalue weighted by molar-refractivity contribution is -0.174. The zero-order valence-corrected chi connectivity index (χ0v) is 10.2. The summed E-state index contributed by atoms with van der Waals surface area (Å²) < 4.78 is 41.2. The van der Waals surface area contributed by atoms with Crippen LogP contribution in [-0.4, -0.2) is 35.7 Å². The number of anilines is 1. The van der Waals surface area contributed by atoms with Crippen molar-refractivity contribution in [3.8, 4) is 0 Å². The van der Waals surface area contributed by atoms with Gasteiger partial charge in [0.1, 0.15) is 6.61 Å². The summed E-state index contributed by atoms with van der Waals surface area (Å²) in [6.45, 7) is -0.693. The van der Waals surface area contributed by atoms with Crippen LogP contribution in [0.15, 0.2) is 10.9 Å². The summed E-state index contributed by atoms with van der Waals surface area (Å²) in [5.74, 6) is 0. The molecule has 1 aliphatic heterocycles. The van der Waals surface area contributed by atoms with E-state index in [0.29, 0.717) is 5.69 Å². The Morgan fingerprint density at radius 3 is 3.00 bits per heavy atom. The van der Waals surface area contributed by atoms with Gasteiger partial charge in [-0.1, -0.05) is 0 Å². The number of fused-ring (bicyclic) bond motifs is 1. The summed E-state index contributed by atoms with van der Waals surface area (Å²) >= 11 is 0. The number of aromatic nitrogens is 2. The van der Waals surface area contributed by atoms with E-state index < -0.39 is 12.8 Å². The van der Waals surface area contributed by atoms with Crippen LogP contribution in [-0.2, 0) is 17.7 Å². The zero-order valence-electron chi connectivity index (χ0n) is 10.2. The largest absolute Gasteiger partial charge is 0.411 e. The summed E-state index contributed by atoms with van der Waals surface area (Å²) in [5, 5.41) is 7.19. The molecule has 106 valence electrons. The average Bonchev–Trinajstić information content (AvgIpc) is 2.33. The maximum Gasteiger partial charge on any atom is 0.411 e. The molecule has 0 fully saturated rings. The lowest BCUT2D eigenvalue weighted by atomic mass is 10.1. The van der Waals surface area contributed by atoms with E-state index in [4.69, 9.17) is 0 Å². The topological polar surface area (TPSA) is 56.2 Å². The molecule has 19 heavy (non-hydrogen) atoms. The maximum absolute atomic E-state index is 11.9. The van der Waals surface area contributed by atoms with Crippen LogP contribution < -0.4 is 10.9 Å². The van der Waals surface area contributed by atoms with Crippen molar-refractivity contribution in [2.75, 3.05) is 25.1 Å². The Morgan fingerprint density at radius 1 is 1.47 bits per heavy atom. The van der Waals surface area contributed by atoms with Gasteiger partial charge in [0.15, 0.2) is 0 Å². The van der Waals surface area contributed by atoms with Crippen molar-refractivity contribution in [1.29, 1.82) is 0 Å². The molecular weight excluding hydrogens is 263 g/mol. The minimum absolute atomic E-state index is 0.0161. The molecule has 5 nitrogen and oxygen atoms in total. The van der Waals surface area contributed by atoms with Gasteiger partial charge in [-0.25, -0.2) is 4.68 Å². The molecule has 0 aromatic carbocycles. The number of ether oxygens (including phenoxy) is 1. The van der Waals surface area contributed by atoms with Crippen LogP contribution in [0.5, 0.6) is 0 Å². The number of aryl methyl sites for hydroxylation is 1. The molecule has 0 radical (unpaired) electrons. The second-order valence-electron chi connectivity index (χ2n) is 4.26. The second kappa shape index (κ2) is 5.60. The summed E-state index contributed by atoms with van der Waals surface area (Å²) in [4.78, 5) is 11.7. The Balaban J connectivity index is 1.95. The number of halogens is 3. The van der Waals surface area contributed by atoms with Gasteiger partial charge in [0.05, 0.1) is 24.5 Å². The molecule has 0 aliphatic carbocycles. The van der Waals surface area contributed by atoms with Gasteiger partial charge in [0.25, 0.3) is 5.56 Å². The first-order chi connectivity index (χ1) is 8.96. The molecular formula is C11H14F3N3O2. The van der Waals surface area contributed by atoms with Gasteiger partial charge in [0, 0.05) is 12.6 Å². The van der Waals surface area contributed by atoms with Crippen molar-refractivity contribution < 1.29 is 17.9 Å². The maximum atomic E-state index is 11.9. The molecule has 2 rings (SSSR count). The lowest BCUT2D eigenvalue weighted by Crippen LogP contribution is -2.29. The highest BCUT2D eigenvalue weighted by Crippen LogP contribution is 2.16. The van der Waals surface area contributed by atoms with Crippen molar-refractivity contribution >= 4 is 5.69 Å². The molecule has 0 unspecified atom stereocenters. The summed E-state index contributed by atoms with van der Waals surface area (Å²) in [6, 6.07) is 1.42. The van der Waals surface area contributed by atoms with Crippen LogP contribution in [0.25, 0.3) is 0 Å². The van der Waals surface area contributed by atoms with E-state index in [1.54, 1.807) is 0 Å². The molecule has 0 saturated heterocycles. The normalized spacial score (nSPS) is 14.9. The van der Waals surface area contributed by atoms with Crippen LogP contribution in [0, 0.1) is 0 Å². The van der Waals surface area contributed by atoms with Gasteiger partial charge in [-0.2, -0.15) is 18.3 Å². The van der Waals surface area contributed by atoms with E-state index in [9.17, 15) is 18.0 Å². The number of alkyl halides is 3. The standard InChI is InChI=1S/C11H14F3N3O2/c12-11(13,14)7-19-5-4-17-10(18)6-9-8(16-17)2-1-3-15-9/h6,15H,1-5,7H2. The third-order valence-corrected chi connectivity index (χ3v) is 2.69. The third kappa shape index (κ3) is 3.95. The highest BCUT2D eigenvalue weighted by molar-refractivity contribution is 5.48. The van der Waals surface area contributed by atoms with E-state index in [1.165, 1.54) is 6.07 Å². The molecule has 1 aromatic rings. The molecule has 1 N–H and O–H groups in total. The predicted octanol–water partition coefficient (Wildman–Crippen LogP) is 1.18.